The third-order valence-corrected chi connectivity index (χ3v) is 6.70. The van der Waals surface area contributed by atoms with Crippen LogP contribution in [0.3, 0.4) is 0 Å². The van der Waals surface area contributed by atoms with E-state index in [9.17, 15) is 14.0 Å². The van der Waals surface area contributed by atoms with Crippen molar-refractivity contribution < 1.29 is 4.39 Å². The van der Waals surface area contributed by atoms with Crippen LogP contribution in [-0.4, -0.2) is 51.7 Å². The minimum Gasteiger partial charge on any atom is -0.371 e. The summed E-state index contributed by atoms with van der Waals surface area (Å²) in [6.45, 7) is 3.19. The van der Waals surface area contributed by atoms with E-state index in [1.807, 2.05) is 12.1 Å². The van der Waals surface area contributed by atoms with E-state index in [0.29, 0.717) is 23.0 Å². The molecule has 0 amide bonds. The molecule has 1 aliphatic rings. The molecule has 9 heteroatoms. The van der Waals surface area contributed by atoms with Crippen LogP contribution in [0.5, 0.6) is 0 Å². The van der Waals surface area contributed by atoms with Crippen molar-refractivity contribution in [1.29, 1.82) is 0 Å². The summed E-state index contributed by atoms with van der Waals surface area (Å²) in [6.07, 6.45) is 6.86. The lowest BCUT2D eigenvalue weighted by Crippen LogP contribution is -2.44. The number of anilines is 1. The molecule has 0 N–H and O–H groups in total. The van der Waals surface area contributed by atoms with Gasteiger partial charge in [-0.3, -0.25) is 14.2 Å². The van der Waals surface area contributed by atoms with Crippen LogP contribution >= 0.6 is 11.6 Å². The van der Waals surface area contributed by atoms with Crippen molar-refractivity contribution >= 4 is 28.1 Å². The number of rotatable bonds is 6. The molecule has 3 aromatic rings. The average Bonchev–Trinajstić information content (AvgIpc) is 2.79. The molecule has 0 bridgehead atoms. The maximum atomic E-state index is 13.3. The van der Waals surface area contributed by atoms with Gasteiger partial charge in [0.2, 0.25) is 5.82 Å². The van der Waals surface area contributed by atoms with Crippen LogP contribution in [-0.2, 0) is 13.6 Å². The fourth-order valence-electron chi connectivity index (χ4n) is 4.48. The van der Waals surface area contributed by atoms with Gasteiger partial charge in [-0.1, -0.05) is 11.6 Å². The molecule has 4 rings (SSSR count). The predicted molar refractivity (Wildman–Crippen MR) is 125 cm³/mol. The smallest absolute Gasteiger partial charge is 0.289 e. The first kappa shape index (κ1) is 22.5. The Morgan fingerprint density at radius 1 is 1.16 bits per heavy atom. The maximum Gasteiger partial charge on any atom is 0.289 e. The molecule has 0 aliphatic carbocycles. The molecular formula is C23H27ClFN5O2. The Hall–Kier alpha value is -2.71. The van der Waals surface area contributed by atoms with Crippen LogP contribution in [0.1, 0.15) is 19.3 Å². The zero-order valence-electron chi connectivity index (χ0n) is 18.3. The van der Waals surface area contributed by atoms with Crippen molar-refractivity contribution in [1.82, 2.24) is 19.0 Å². The van der Waals surface area contributed by atoms with E-state index in [4.69, 9.17) is 11.6 Å². The minimum atomic E-state index is -0.816. The molecule has 0 saturated carbocycles. The highest BCUT2D eigenvalue weighted by molar-refractivity contribution is 6.36. The summed E-state index contributed by atoms with van der Waals surface area (Å²) >= 11 is 6.34. The number of aryl methyl sites for hydroxylation is 2. The topological polar surface area (TPSA) is 63.4 Å². The molecule has 0 spiro atoms. The Kier molecular flexibility index (Phi) is 6.62. The van der Waals surface area contributed by atoms with Gasteiger partial charge in [0.15, 0.2) is 0 Å². The molecule has 1 fully saturated rings. The number of pyridine rings is 1. The summed E-state index contributed by atoms with van der Waals surface area (Å²) < 4.78 is 16.2. The SMILES string of the molecule is CN(c1ccc(Cl)c2c(=O)n(C)ccc12)C1CCN(CCCn2cncc(F)c2=O)CC1. The fourth-order valence-corrected chi connectivity index (χ4v) is 4.73. The number of likely N-dealkylation sites (tertiary alicyclic amines) is 1. The quantitative estimate of drug-likeness (QED) is 0.567. The summed E-state index contributed by atoms with van der Waals surface area (Å²) in [5.41, 5.74) is 0.300. The van der Waals surface area contributed by atoms with Crippen molar-refractivity contribution in [2.75, 3.05) is 31.6 Å². The Bertz CT molecular complexity index is 1230. The minimum absolute atomic E-state index is 0.0924. The van der Waals surface area contributed by atoms with Gasteiger partial charge in [-0.25, -0.2) is 4.98 Å². The number of fused-ring (bicyclic) bond motifs is 1. The molecule has 1 aliphatic heterocycles. The van der Waals surface area contributed by atoms with Crippen LogP contribution in [0.15, 0.2) is 46.5 Å². The van der Waals surface area contributed by atoms with E-state index in [1.54, 1.807) is 23.9 Å². The van der Waals surface area contributed by atoms with Crippen LogP contribution in [0.2, 0.25) is 5.02 Å². The predicted octanol–water partition coefficient (Wildman–Crippen LogP) is 2.88. The Morgan fingerprint density at radius 2 is 1.91 bits per heavy atom. The number of nitrogens with zero attached hydrogens (tertiary/aromatic N) is 5. The Labute approximate surface area is 190 Å². The molecule has 7 nitrogen and oxygen atoms in total. The van der Waals surface area contributed by atoms with E-state index >= 15 is 0 Å². The molecule has 1 saturated heterocycles. The maximum absolute atomic E-state index is 13.3. The van der Waals surface area contributed by atoms with E-state index in [0.717, 1.165) is 56.2 Å². The largest absolute Gasteiger partial charge is 0.371 e. The zero-order chi connectivity index (χ0) is 22.8. The van der Waals surface area contributed by atoms with Crippen LogP contribution in [0.4, 0.5) is 10.1 Å². The van der Waals surface area contributed by atoms with E-state index in [2.05, 4.69) is 21.8 Å². The van der Waals surface area contributed by atoms with Crippen LogP contribution in [0.25, 0.3) is 10.8 Å². The van der Waals surface area contributed by atoms with Gasteiger partial charge in [0, 0.05) is 57.0 Å². The van der Waals surface area contributed by atoms with Crippen molar-refractivity contribution in [3.05, 3.63) is 68.5 Å². The Morgan fingerprint density at radius 3 is 2.66 bits per heavy atom. The van der Waals surface area contributed by atoms with Gasteiger partial charge in [0.05, 0.1) is 22.9 Å². The van der Waals surface area contributed by atoms with E-state index < -0.39 is 11.4 Å². The first-order valence-corrected chi connectivity index (χ1v) is 11.2. The average molecular weight is 460 g/mol. The van der Waals surface area contributed by atoms with Gasteiger partial charge in [0.1, 0.15) is 0 Å². The summed E-state index contributed by atoms with van der Waals surface area (Å²) in [7, 11) is 3.80. The van der Waals surface area contributed by atoms with Crippen molar-refractivity contribution in [2.24, 2.45) is 7.05 Å². The third-order valence-electron chi connectivity index (χ3n) is 6.39. The molecule has 2 aromatic heterocycles. The van der Waals surface area contributed by atoms with Crippen LogP contribution in [0, 0.1) is 5.82 Å². The number of hydrogen-bond acceptors (Lipinski definition) is 5. The van der Waals surface area contributed by atoms with Crippen LogP contribution < -0.4 is 16.0 Å². The number of piperidine rings is 1. The highest BCUT2D eigenvalue weighted by Crippen LogP contribution is 2.32. The molecule has 32 heavy (non-hydrogen) atoms. The molecular weight excluding hydrogens is 433 g/mol. The van der Waals surface area contributed by atoms with E-state index in [1.165, 1.54) is 10.9 Å². The standard InChI is InChI=1S/C23H27ClFN5O2/c1-27-11-8-17-20(5-4-18(24)21(17)23(27)32)28(2)16-6-12-29(13-7-16)9-3-10-30-15-26-14-19(25)22(30)31/h4-5,8,11,14-16H,3,6-7,9-10,12-13H2,1-2H3. The second-order valence-electron chi connectivity index (χ2n) is 8.36. The van der Waals surface area contributed by atoms with Gasteiger partial charge in [-0.05, 0) is 44.0 Å². The van der Waals surface area contributed by atoms with E-state index in [-0.39, 0.29) is 5.56 Å². The number of aromatic nitrogens is 3. The van der Waals surface area contributed by atoms with Gasteiger partial charge < -0.3 is 14.4 Å². The lowest BCUT2D eigenvalue weighted by Gasteiger charge is -2.38. The number of halogens is 2. The monoisotopic (exact) mass is 459 g/mol. The molecule has 0 unspecified atom stereocenters. The second-order valence-corrected chi connectivity index (χ2v) is 8.77. The fraction of sp³-hybridized carbons (Fsp3) is 0.435. The van der Waals surface area contributed by atoms with Crippen molar-refractivity contribution in [3.63, 3.8) is 0 Å². The van der Waals surface area contributed by atoms with Crippen molar-refractivity contribution in [2.45, 2.75) is 31.8 Å². The molecule has 170 valence electrons. The first-order valence-electron chi connectivity index (χ1n) is 10.8. The van der Waals surface area contributed by atoms with Crippen molar-refractivity contribution in [3.8, 4) is 0 Å². The van der Waals surface area contributed by atoms with Gasteiger partial charge in [0.25, 0.3) is 11.1 Å². The van der Waals surface area contributed by atoms with Gasteiger partial charge in [-0.15, -0.1) is 0 Å². The number of hydrogen-bond donors (Lipinski definition) is 0. The summed E-state index contributed by atoms with van der Waals surface area (Å²) in [4.78, 5) is 32.7. The normalized spacial score (nSPS) is 15.4. The van der Waals surface area contributed by atoms with Gasteiger partial charge >= 0.3 is 0 Å². The number of benzene rings is 1. The highest BCUT2D eigenvalue weighted by Gasteiger charge is 2.24. The van der Waals surface area contributed by atoms with Gasteiger partial charge in [-0.2, -0.15) is 4.39 Å². The summed E-state index contributed by atoms with van der Waals surface area (Å²) in [5, 5.41) is 1.90. The lowest BCUT2D eigenvalue weighted by molar-refractivity contribution is 0.205. The molecule has 1 aromatic carbocycles. The first-order chi connectivity index (χ1) is 15.4. The lowest BCUT2D eigenvalue weighted by atomic mass is 10.0. The Balaban J connectivity index is 1.38. The summed E-state index contributed by atoms with van der Waals surface area (Å²) in [6, 6.07) is 6.10. The zero-order valence-corrected chi connectivity index (χ0v) is 19.1. The molecule has 0 radical (unpaired) electrons. The highest BCUT2D eigenvalue weighted by atomic mass is 35.5. The third kappa shape index (κ3) is 4.42. The molecule has 3 heterocycles. The second kappa shape index (κ2) is 9.42. The molecule has 0 atom stereocenters. The summed E-state index contributed by atoms with van der Waals surface area (Å²) in [5.74, 6) is -0.816.